The van der Waals surface area contributed by atoms with Crippen molar-refractivity contribution in [2.75, 3.05) is 37.6 Å². The number of likely N-dealkylation sites (tertiary alicyclic amines) is 1. The van der Waals surface area contributed by atoms with Crippen molar-refractivity contribution in [1.29, 1.82) is 0 Å². The maximum atomic E-state index is 12.9. The number of carbonyl (C=O) groups is 2. The monoisotopic (exact) mass is 327 g/mol. The van der Waals surface area contributed by atoms with Crippen LogP contribution in [0.15, 0.2) is 30.3 Å². The van der Waals surface area contributed by atoms with Crippen LogP contribution in [-0.2, 0) is 9.59 Å². The third-order valence-electron chi connectivity index (χ3n) is 5.46. The van der Waals surface area contributed by atoms with Gasteiger partial charge >= 0.3 is 0 Å². The summed E-state index contributed by atoms with van der Waals surface area (Å²) in [7, 11) is 0. The van der Waals surface area contributed by atoms with E-state index in [0.717, 1.165) is 58.4 Å². The predicted molar refractivity (Wildman–Crippen MR) is 92.7 cm³/mol. The molecule has 1 saturated carbocycles. The molecule has 2 aliphatic heterocycles. The fourth-order valence-corrected chi connectivity index (χ4v) is 3.89. The number of anilines is 1. The summed E-state index contributed by atoms with van der Waals surface area (Å²) >= 11 is 0. The molecular formula is C19H25N3O2. The number of benzene rings is 1. The van der Waals surface area contributed by atoms with Gasteiger partial charge in [0.05, 0.1) is 0 Å². The molecule has 0 aromatic heterocycles. The highest BCUT2D eigenvalue weighted by Crippen LogP contribution is 2.34. The highest BCUT2D eigenvalue weighted by Gasteiger charge is 2.42. The number of carbonyl (C=O) groups excluding carboxylic acids is 2. The molecule has 0 bridgehead atoms. The second-order valence-corrected chi connectivity index (χ2v) is 7.11. The van der Waals surface area contributed by atoms with Gasteiger partial charge in [-0.3, -0.25) is 9.59 Å². The summed E-state index contributed by atoms with van der Waals surface area (Å²) in [5, 5.41) is 0. The van der Waals surface area contributed by atoms with E-state index < -0.39 is 0 Å². The van der Waals surface area contributed by atoms with E-state index in [1.165, 1.54) is 5.69 Å². The van der Waals surface area contributed by atoms with Gasteiger partial charge in [0.2, 0.25) is 11.8 Å². The fourth-order valence-electron chi connectivity index (χ4n) is 3.89. The average molecular weight is 327 g/mol. The largest absolute Gasteiger partial charge is 0.368 e. The first-order valence-electron chi connectivity index (χ1n) is 9.13. The molecule has 128 valence electrons. The van der Waals surface area contributed by atoms with Crippen LogP contribution in [0.4, 0.5) is 5.69 Å². The Labute approximate surface area is 143 Å². The van der Waals surface area contributed by atoms with E-state index in [1.54, 1.807) is 0 Å². The summed E-state index contributed by atoms with van der Waals surface area (Å²) in [5.74, 6) is 0.580. The maximum Gasteiger partial charge on any atom is 0.245 e. The van der Waals surface area contributed by atoms with Crippen molar-refractivity contribution in [3.63, 3.8) is 0 Å². The fraction of sp³-hybridized carbons (Fsp3) is 0.579. The molecule has 2 saturated heterocycles. The average Bonchev–Trinajstić information content (AvgIpc) is 3.38. The number of rotatable bonds is 3. The SMILES string of the molecule is O=C([C@H]1CCCN1C(=O)C1CC1)N1CCN(c2ccccc2)CC1. The minimum Gasteiger partial charge on any atom is -0.368 e. The maximum absolute atomic E-state index is 12.9. The van der Waals surface area contributed by atoms with E-state index in [0.29, 0.717) is 0 Å². The summed E-state index contributed by atoms with van der Waals surface area (Å²) < 4.78 is 0. The second-order valence-electron chi connectivity index (χ2n) is 7.11. The highest BCUT2D eigenvalue weighted by atomic mass is 16.2. The summed E-state index contributed by atoms with van der Waals surface area (Å²) in [6.07, 6.45) is 3.80. The van der Waals surface area contributed by atoms with Gasteiger partial charge in [-0.15, -0.1) is 0 Å². The summed E-state index contributed by atoms with van der Waals surface area (Å²) in [6.45, 7) is 3.97. The number of nitrogens with zero attached hydrogens (tertiary/aromatic N) is 3. The lowest BCUT2D eigenvalue weighted by Gasteiger charge is -2.38. The number of piperazine rings is 1. The molecule has 0 N–H and O–H groups in total. The summed E-state index contributed by atoms with van der Waals surface area (Å²) in [4.78, 5) is 31.5. The molecule has 1 aromatic carbocycles. The van der Waals surface area contributed by atoms with E-state index in [2.05, 4.69) is 17.0 Å². The van der Waals surface area contributed by atoms with E-state index in [1.807, 2.05) is 28.0 Å². The molecule has 5 nitrogen and oxygen atoms in total. The predicted octanol–water partition coefficient (Wildman–Crippen LogP) is 1.74. The van der Waals surface area contributed by atoms with Gasteiger partial charge in [0.15, 0.2) is 0 Å². The Hall–Kier alpha value is -2.04. The molecule has 3 aliphatic rings. The lowest BCUT2D eigenvalue weighted by molar-refractivity contribution is -0.144. The number of hydrogen-bond donors (Lipinski definition) is 0. The lowest BCUT2D eigenvalue weighted by atomic mass is 10.1. The molecule has 0 spiro atoms. The Morgan fingerprint density at radius 1 is 0.833 bits per heavy atom. The normalized spacial score (nSPS) is 24.3. The molecule has 1 aromatic rings. The van der Waals surface area contributed by atoms with Crippen molar-refractivity contribution in [1.82, 2.24) is 9.80 Å². The van der Waals surface area contributed by atoms with Gasteiger partial charge in [-0.2, -0.15) is 0 Å². The van der Waals surface area contributed by atoms with Crippen molar-refractivity contribution in [2.45, 2.75) is 31.7 Å². The summed E-state index contributed by atoms with van der Waals surface area (Å²) in [6, 6.07) is 10.1. The van der Waals surface area contributed by atoms with Crippen LogP contribution in [0.2, 0.25) is 0 Å². The Bertz CT molecular complexity index is 606. The minimum absolute atomic E-state index is 0.161. The number of hydrogen-bond acceptors (Lipinski definition) is 3. The molecule has 4 rings (SSSR count). The minimum atomic E-state index is -0.207. The van der Waals surface area contributed by atoms with Crippen molar-refractivity contribution in [3.05, 3.63) is 30.3 Å². The van der Waals surface area contributed by atoms with E-state index in [9.17, 15) is 9.59 Å². The van der Waals surface area contributed by atoms with E-state index in [-0.39, 0.29) is 23.8 Å². The van der Waals surface area contributed by atoms with Crippen LogP contribution in [0, 0.1) is 5.92 Å². The molecule has 2 amide bonds. The summed E-state index contributed by atoms with van der Waals surface area (Å²) in [5.41, 5.74) is 1.22. The van der Waals surface area contributed by atoms with Crippen LogP contribution in [0.25, 0.3) is 0 Å². The number of amides is 2. The van der Waals surface area contributed by atoms with Crippen LogP contribution in [0.1, 0.15) is 25.7 Å². The van der Waals surface area contributed by atoms with Crippen molar-refractivity contribution in [3.8, 4) is 0 Å². The quantitative estimate of drug-likeness (QED) is 0.849. The van der Waals surface area contributed by atoms with Gasteiger partial charge in [-0.1, -0.05) is 18.2 Å². The Kier molecular flexibility index (Phi) is 4.17. The smallest absolute Gasteiger partial charge is 0.245 e. The van der Waals surface area contributed by atoms with E-state index >= 15 is 0 Å². The third kappa shape index (κ3) is 2.99. The lowest BCUT2D eigenvalue weighted by Crippen LogP contribution is -2.54. The van der Waals surface area contributed by atoms with Gasteiger partial charge in [0, 0.05) is 44.3 Å². The van der Waals surface area contributed by atoms with E-state index in [4.69, 9.17) is 0 Å². The first kappa shape index (κ1) is 15.5. The zero-order valence-corrected chi connectivity index (χ0v) is 14.1. The molecule has 24 heavy (non-hydrogen) atoms. The van der Waals surface area contributed by atoms with Gasteiger partial charge < -0.3 is 14.7 Å². The third-order valence-corrected chi connectivity index (χ3v) is 5.46. The van der Waals surface area contributed by atoms with Crippen LogP contribution in [0.3, 0.4) is 0 Å². The van der Waals surface area contributed by atoms with Gasteiger partial charge in [0.1, 0.15) is 6.04 Å². The van der Waals surface area contributed by atoms with Crippen LogP contribution in [-0.4, -0.2) is 60.4 Å². The first-order valence-corrected chi connectivity index (χ1v) is 9.13. The Morgan fingerprint density at radius 2 is 1.54 bits per heavy atom. The van der Waals surface area contributed by atoms with Crippen molar-refractivity contribution in [2.24, 2.45) is 5.92 Å². The zero-order chi connectivity index (χ0) is 16.5. The topological polar surface area (TPSA) is 43.9 Å². The Morgan fingerprint density at radius 3 is 2.21 bits per heavy atom. The van der Waals surface area contributed by atoms with Gasteiger partial charge in [0.25, 0.3) is 0 Å². The molecule has 0 radical (unpaired) electrons. The second kappa shape index (κ2) is 6.46. The Balaban J connectivity index is 1.36. The van der Waals surface area contributed by atoms with Crippen molar-refractivity contribution >= 4 is 17.5 Å². The first-order chi connectivity index (χ1) is 11.7. The van der Waals surface area contributed by atoms with Gasteiger partial charge in [-0.05, 0) is 37.8 Å². The zero-order valence-electron chi connectivity index (χ0n) is 14.1. The number of para-hydroxylation sites is 1. The van der Waals surface area contributed by atoms with Crippen LogP contribution >= 0.6 is 0 Å². The molecular weight excluding hydrogens is 302 g/mol. The molecule has 3 fully saturated rings. The van der Waals surface area contributed by atoms with Crippen LogP contribution < -0.4 is 4.90 Å². The molecule has 2 heterocycles. The van der Waals surface area contributed by atoms with Gasteiger partial charge in [-0.25, -0.2) is 0 Å². The molecule has 0 unspecified atom stereocenters. The highest BCUT2D eigenvalue weighted by molar-refractivity contribution is 5.90. The standard InChI is InChI=1S/C19H25N3O2/c23-18(15-8-9-15)22-10-4-7-17(22)19(24)21-13-11-20(12-14-21)16-5-2-1-3-6-16/h1-3,5-6,15,17H,4,7-14H2/t17-/m1/s1. The molecule has 5 heteroatoms. The molecule has 1 atom stereocenters. The van der Waals surface area contributed by atoms with Crippen molar-refractivity contribution < 1.29 is 9.59 Å². The molecule has 1 aliphatic carbocycles. The van der Waals surface area contributed by atoms with Crippen LogP contribution in [0.5, 0.6) is 0 Å².